The fourth-order valence-corrected chi connectivity index (χ4v) is 1.98. The van der Waals surface area contributed by atoms with Crippen molar-refractivity contribution < 1.29 is 4.74 Å². The van der Waals surface area contributed by atoms with Gasteiger partial charge in [0.15, 0.2) is 0 Å². The highest BCUT2D eigenvalue weighted by molar-refractivity contribution is 6.29. The summed E-state index contributed by atoms with van der Waals surface area (Å²) in [6.45, 7) is 0.474. The van der Waals surface area contributed by atoms with Crippen LogP contribution in [0.5, 0.6) is 5.88 Å². The molecule has 2 aromatic rings. The van der Waals surface area contributed by atoms with Gasteiger partial charge in [-0.05, 0) is 24.2 Å². The Morgan fingerprint density at radius 1 is 1.25 bits per heavy atom. The molecule has 0 aliphatic carbocycles. The molecule has 1 heterocycles. The van der Waals surface area contributed by atoms with E-state index in [0.29, 0.717) is 23.7 Å². The molecule has 1 aromatic heterocycles. The quantitative estimate of drug-likeness (QED) is 0.858. The normalized spacial score (nSPS) is 11.7. The largest absolute Gasteiger partial charge is 0.468 e. The predicted molar refractivity (Wildman–Crippen MR) is 77.4 cm³/mol. The lowest BCUT2D eigenvalue weighted by Crippen LogP contribution is -2.14. The average molecular weight is 288 g/mol. The minimum absolute atomic E-state index is 0.238. The first-order valence-corrected chi connectivity index (χ1v) is 6.60. The Morgan fingerprint density at radius 2 is 2.00 bits per heavy atom. The number of aromatic nitrogens is 1. The first kappa shape index (κ1) is 14.3. The van der Waals surface area contributed by atoms with E-state index in [2.05, 4.69) is 4.98 Å². The lowest BCUT2D eigenvalue weighted by atomic mass is 10.1. The predicted octanol–water partition coefficient (Wildman–Crippen LogP) is 3.08. The van der Waals surface area contributed by atoms with Crippen LogP contribution in [0.15, 0.2) is 42.5 Å². The molecule has 4 nitrogen and oxygen atoms in total. The third-order valence-corrected chi connectivity index (χ3v) is 3.01. The Balaban J connectivity index is 2.29. The molecule has 2 rings (SSSR count). The van der Waals surface area contributed by atoms with Crippen LogP contribution in [-0.4, -0.2) is 11.5 Å². The van der Waals surface area contributed by atoms with Crippen LogP contribution in [-0.2, 0) is 0 Å². The van der Waals surface area contributed by atoms with Gasteiger partial charge in [0.25, 0.3) is 0 Å². The topological polar surface area (TPSA) is 71.9 Å². The Kier molecular flexibility index (Phi) is 4.94. The van der Waals surface area contributed by atoms with Gasteiger partial charge >= 0.3 is 0 Å². The maximum atomic E-state index is 9.08. The zero-order valence-electron chi connectivity index (χ0n) is 10.8. The van der Waals surface area contributed by atoms with E-state index in [-0.39, 0.29) is 12.0 Å². The average Bonchev–Trinajstić information content (AvgIpc) is 2.48. The summed E-state index contributed by atoms with van der Waals surface area (Å²) in [4.78, 5) is 4.07. The van der Waals surface area contributed by atoms with E-state index in [1.54, 1.807) is 12.1 Å². The fraction of sp³-hybridized carbons (Fsp3) is 0.200. The van der Waals surface area contributed by atoms with Gasteiger partial charge in [-0.15, -0.1) is 0 Å². The maximum absolute atomic E-state index is 9.08. The minimum atomic E-state index is -0.251. The molecule has 0 saturated heterocycles. The number of halogens is 1. The number of pyridine rings is 1. The molecule has 2 N–H and O–H groups in total. The Morgan fingerprint density at radius 3 is 2.65 bits per heavy atom. The van der Waals surface area contributed by atoms with Crippen molar-refractivity contribution in [2.75, 3.05) is 6.54 Å². The van der Waals surface area contributed by atoms with Crippen LogP contribution in [0.4, 0.5) is 0 Å². The first-order chi connectivity index (χ1) is 9.74. The Labute approximate surface area is 122 Å². The SMILES string of the molecule is N#Cc1ccc(Cl)nc1O[C@H](CCN)c1ccccc1. The first-order valence-electron chi connectivity index (χ1n) is 6.23. The van der Waals surface area contributed by atoms with Gasteiger partial charge in [0, 0.05) is 6.42 Å². The van der Waals surface area contributed by atoms with Gasteiger partial charge in [0.05, 0.1) is 0 Å². The van der Waals surface area contributed by atoms with Crippen molar-refractivity contribution in [1.29, 1.82) is 5.26 Å². The van der Waals surface area contributed by atoms with E-state index >= 15 is 0 Å². The van der Waals surface area contributed by atoms with Crippen molar-refractivity contribution in [2.45, 2.75) is 12.5 Å². The lowest BCUT2D eigenvalue weighted by Gasteiger charge is -2.19. The number of hydrogen-bond donors (Lipinski definition) is 1. The van der Waals surface area contributed by atoms with Gasteiger partial charge in [0.1, 0.15) is 22.9 Å². The molecule has 5 heteroatoms. The van der Waals surface area contributed by atoms with Crippen molar-refractivity contribution in [1.82, 2.24) is 4.98 Å². The molecule has 102 valence electrons. The number of nitrogens with zero attached hydrogens (tertiary/aromatic N) is 2. The number of hydrogen-bond acceptors (Lipinski definition) is 4. The highest BCUT2D eigenvalue weighted by Gasteiger charge is 2.16. The van der Waals surface area contributed by atoms with Gasteiger partial charge in [-0.25, -0.2) is 4.98 Å². The minimum Gasteiger partial charge on any atom is -0.468 e. The molecular formula is C15H14ClN3O. The van der Waals surface area contributed by atoms with E-state index < -0.39 is 0 Å². The smallest absolute Gasteiger partial charge is 0.233 e. The second-order valence-electron chi connectivity index (χ2n) is 4.19. The van der Waals surface area contributed by atoms with Gasteiger partial charge in [-0.2, -0.15) is 5.26 Å². The molecule has 0 fully saturated rings. The molecule has 0 unspecified atom stereocenters. The van der Waals surface area contributed by atoms with E-state index in [0.717, 1.165) is 5.56 Å². The van der Waals surface area contributed by atoms with Crippen molar-refractivity contribution >= 4 is 11.6 Å². The molecule has 0 bridgehead atoms. The molecule has 1 aromatic carbocycles. The number of nitriles is 1. The van der Waals surface area contributed by atoms with E-state index in [1.807, 2.05) is 36.4 Å². The monoisotopic (exact) mass is 287 g/mol. The van der Waals surface area contributed by atoms with Gasteiger partial charge in [-0.3, -0.25) is 0 Å². The number of benzene rings is 1. The van der Waals surface area contributed by atoms with E-state index in [4.69, 9.17) is 27.3 Å². The van der Waals surface area contributed by atoms with Crippen LogP contribution in [0.2, 0.25) is 5.15 Å². The van der Waals surface area contributed by atoms with Crippen LogP contribution in [0.1, 0.15) is 23.7 Å². The van der Waals surface area contributed by atoms with Gasteiger partial charge < -0.3 is 10.5 Å². The summed E-state index contributed by atoms with van der Waals surface area (Å²) < 4.78 is 5.85. The van der Waals surface area contributed by atoms with Crippen molar-refractivity contribution in [3.8, 4) is 11.9 Å². The molecule has 0 spiro atoms. The third-order valence-electron chi connectivity index (χ3n) is 2.80. The Bertz CT molecular complexity index is 610. The number of ether oxygens (including phenoxy) is 1. The summed E-state index contributed by atoms with van der Waals surface area (Å²) >= 11 is 5.86. The summed E-state index contributed by atoms with van der Waals surface area (Å²) in [5.74, 6) is 0.238. The molecule has 0 aliphatic rings. The summed E-state index contributed by atoms with van der Waals surface area (Å²) in [6.07, 6.45) is 0.377. The molecule has 0 amide bonds. The van der Waals surface area contributed by atoms with E-state index in [9.17, 15) is 0 Å². The molecule has 0 radical (unpaired) electrons. The van der Waals surface area contributed by atoms with Crippen LogP contribution in [0, 0.1) is 11.3 Å². The maximum Gasteiger partial charge on any atom is 0.233 e. The summed E-state index contributed by atoms with van der Waals surface area (Å²) in [5.41, 5.74) is 6.97. The fourth-order valence-electron chi connectivity index (χ4n) is 1.84. The van der Waals surface area contributed by atoms with Gasteiger partial charge in [-0.1, -0.05) is 41.9 Å². The second kappa shape index (κ2) is 6.90. The third kappa shape index (κ3) is 3.47. The summed E-state index contributed by atoms with van der Waals surface area (Å²) in [5, 5.41) is 9.38. The number of nitrogens with two attached hydrogens (primary N) is 1. The van der Waals surface area contributed by atoms with Crippen LogP contribution in [0.25, 0.3) is 0 Å². The van der Waals surface area contributed by atoms with Crippen molar-refractivity contribution in [3.05, 3.63) is 58.7 Å². The zero-order chi connectivity index (χ0) is 14.4. The van der Waals surface area contributed by atoms with Crippen LogP contribution < -0.4 is 10.5 Å². The number of rotatable bonds is 5. The van der Waals surface area contributed by atoms with Crippen molar-refractivity contribution in [3.63, 3.8) is 0 Å². The second-order valence-corrected chi connectivity index (χ2v) is 4.58. The molecular weight excluding hydrogens is 274 g/mol. The summed E-state index contributed by atoms with van der Waals surface area (Å²) in [7, 11) is 0. The Hall–Kier alpha value is -2.09. The van der Waals surface area contributed by atoms with Crippen LogP contribution in [0.3, 0.4) is 0 Å². The molecule has 0 saturated carbocycles. The standard InChI is InChI=1S/C15H14ClN3O/c16-14-7-6-12(10-18)15(19-14)20-13(8-9-17)11-4-2-1-3-5-11/h1-7,13H,8-9,17H2/t13-/m1/s1. The summed E-state index contributed by atoms with van der Waals surface area (Å²) in [6, 6.07) is 14.9. The van der Waals surface area contributed by atoms with Crippen molar-refractivity contribution in [2.24, 2.45) is 5.73 Å². The van der Waals surface area contributed by atoms with E-state index in [1.165, 1.54) is 0 Å². The highest BCUT2D eigenvalue weighted by Crippen LogP contribution is 2.26. The molecule has 0 aliphatic heterocycles. The highest BCUT2D eigenvalue weighted by atomic mass is 35.5. The lowest BCUT2D eigenvalue weighted by molar-refractivity contribution is 0.189. The zero-order valence-corrected chi connectivity index (χ0v) is 11.5. The van der Waals surface area contributed by atoms with Crippen LogP contribution >= 0.6 is 11.6 Å². The van der Waals surface area contributed by atoms with Gasteiger partial charge in [0.2, 0.25) is 5.88 Å². The molecule has 20 heavy (non-hydrogen) atoms. The molecule has 1 atom stereocenters.